The molecule has 1 aliphatic rings. The molecule has 2 N–H and O–H groups in total. The van der Waals surface area contributed by atoms with Crippen molar-refractivity contribution in [1.29, 1.82) is 0 Å². The number of nitrogens with one attached hydrogen (secondary N) is 1. The van der Waals surface area contributed by atoms with Gasteiger partial charge in [-0.1, -0.05) is 19.8 Å². The summed E-state index contributed by atoms with van der Waals surface area (Å²) in [5.41, 5.74) is 0. The van der Waals surface area contributed by atoms with Gasteiger partial charge in [-0.15, -0.1) is 0 Å². The normalized spacial score (nSPS) is 31.6. The minimum atomic E-state index is 0.316. The maximum absolute atomic E-state index is 8.92. The summed E-state index contributed by atoms with van der Waals surface area (Å²) in [5.74, 6) is 1.68. The quantitative estimate of drug-likeness (QED) is 0.700. The zero-order valence-electron chi connectivity index (χ0n) is 8.92. The highest BCUT2D eigenvalue weighted by molar-refractivity contribution is 4.80. The van der Waals surface area contributed by atoms with Crippen molar-refractivity contribution < 1.29 is 5.11 Å². The van der Waals surface area contributed by atoms with Gasteiger partial charge in [0, 0.05) is 12.6 Å². The molecule has 3 atom stereocenters. The second-order valence-electron chi connectivity index (χ2n) is 4.44. The molecular weight excluding hydrogens is 162 g/mol. The molecule has 1 rings (SSSR count). The van der Waals surface area contributed by atoms with Crippen molar-refractivity contribution in [2.45, 2.75) is 45.1 Å². The summed E-state index contributed by atoms with van der Waals surface area (Å²) in [7, 11) is 2.01. The Labute approximate surface area is 81.7 Å². The average molecular weight is 185 g/mol. The van der Waals surface area contributed by atoms with E-state index in [1.807, 2.05) is 7.05 Å². The van der Waals surface area contributed by atoms with E-state index in [9.17, 15) is 0 Å². The Morgan fingerprint density at radius 2 is 2.23 bits per heavy atom. The van der Waals surface area contributed by atoms with E-state index < -0.39 is 0 Å². The SMILES string of the molecule is CNC(CCO)C1CCCC(C)C1. The molecule has 1 fully saturated rings. The Balaban J connectivity index is 2.37. The van der Waals surface area contributed by atoms with Gasteiger partial charge >= 0.3 is 0 Å². The Morgan fingerprint density at radius 3 is 2.77 bits per heavy atom. The van der Waals surface area contributed by atoms with Crippen LogP contribution in [0.5, 0.6) is 0 Å². The molecular formula is C11H23NO. The van der Waals surface area contributed by atoms with Crippen molar-refractivity contribution in [2.75, 3.05) is 13.7 Å². The standard InChI is InChI=1S/C11H23NO/c1-9-4-3-5-10(8-9)11(12-2)6-7-13/h9-13H,3-8H2,1-2H3. The third-order valence-electron chi connectivity index (χ3n) is 3.36. The molecule has 3 unspecified atom stereocenters. The number of aliphatic hydroxyl groups is 1. The van der Waals surface area contributed by atoms with E-state index in [0.717, 1.165) is 18.3 Å². The molecule has 2 heteroatoms. The summed E-state index contributed by atoms with van der Waals surface area (Å²) in [5, 5.41) is 12.3. The molecule has 0 aromatic carbocycles. The van der Waals surface area contributed by atoms with E-state index in [-0.39, 0.29) is 0 Å². The van der Waals surface area contributed by atoms with Crippen molar-refractivity contribution >= 4 is 0 Å². The van der Waals surface area contributed by atoms with Gasteiger partial charge in [-0.25, -0.2) is 0 Å². The fraction of sp³-hybridized carbons (Fsp3) is 1.00. The van der Waals surface area contributed by atoms with Crippen LogP contribution in [0.2, 0.25) is 0 Å². The average Bonchev–Trinajstić information content (AvgIpc) is 2.14. The minimum absolute atomic E-state index is 0.316. The van der Waals surface area contributed by atoms with Crippen LogP contribution >= 0.6 is 0 Å². The summed E-state index contributed by atoms with van der Waals surface area (Å²) >= 11 is 0. The highest BCUT2D eigenvalue weighted by Gasteiger charge is 2.24. The second-order valence-corrected chi connectivity index (χ2v) is 4.44. The molecule has 1 aliphatic carbocycles. The number of rotatable bonds is 4. The maximum atomic E-state index is 8.92. The van der Waals surface area contributed by atoms with Gasteiger partial charge in [0.05, 0.1) is 0 Å². The largest absolute Gasteiger partial charge is 0.396 e. The van der Waals surface area contributed by atoms with Crippen LogP contribution in [-0.2, 0) is 0 Å². The minimum Gasteiger partial charge on any atom is -0.396 e. The maximum Gasteiger partial charge on any atom is 0.0445 e. The van der Waals surface area contributed by atoms with Crippen molar-refractivity contribution in [1.82, 2.24) is 5.32 Å². The molecule has 0 radical (unpaired) electrons. The molecule has 0 aliphatic heterocycles. The van der Waals surface area contributed by atoms with E-state index in [1.54, 1.807) is 0 Å². The fourth-order valence-electron chi connectivity index (χ4n) is 2.60. The molecule has 1 saturated carbocycles. The van der Waals surface area contributed by atoms with E-state index in [2.05, 4.69) is 12.2 Å². The zero-order valence-corrected chi connectivity index (χ0v) is 8.92. The van der Waals surface area contributed by atoms with Crippen LogP contribution in [0.25, 0.3) is 0 Å². The van der Waals surface area contributed by atoms with Gasteiger partial charge in [-0.2, -0.15) is 0 Å². The first-order chi connectivity index (χ1) is 6.27. The molecule has 13 heavy (non-hydrogen) atoms. The van der Waals surface area contributed by atoms with Crippen LogP contribution in [0.15, 0.2) is 0 Å². The lowest BCUT2D eigenvalue weighted by molar-refractivity contribution is 0.189. The number of hydrogen-bond donors (Lipinski definition) is 2. The molecule has 0 heterocycles. The molecule has 0 bridgehead atoms. The smallest absolute Gasteiger partial charge is 0.0445 e. The highest BCUT2D eigenvalue weighted by atomic mass is 16.3. The van der Waals surface area contributed by atoms with Crippen LogP contribution in [-0.4, -0.2) is 24.8 Å². The molecule has 2 nitrogen and oxygen atoms in total. The summed E-state index contributed by atoms with van der Waals surface area (Å²) in [4.78, 5) is 0. The molecule has 0 aromatic heterocycles. The molecule has 0 aromatic rings. The first kappa shape index (κ1) is 11.0. The third kappa shape index (κ3) is 3.28. The van der Waals surface area contributed by atoms with Crippen molar-refractivity contribution in [3.05, 3.63) is 0 Å². The highest BCUT2D eigenvalue weighted by Crippen LogP contribution is 2.31. The third-order valence-corrected chi connectivity index (χ3v) is 3.36. The van der Waals surface area contributed by atoms with Crippen molar-refractivity contribution in [2.24, 2.45) is 11.8 Å². The van der Waals surface area contributed by atoms with Gasteiger partial charge in [0.15, 0.2) is 0 Å². The molecule has 0 spiro atoms. The predicted molar refractivity (Wildman–Crippen MR) is 55.7 cm³/mol. The fourth-order valence-corrected chi connectivity index (χ4v) is 2.60. The van der Waals surface area contributed by atoms with Crippen LogP contribution in [0.3, 0.4) is 0 Å². The monoisotopic (exact) mass is 185 g/mol. The first-order valence-electron chi connectivity index (χ1n) is 5.56. The van der Waals surface area contributed by atoms with Gasteiger partial charge in [0.25, 0.3) is 0 Å². The Hall–Kier alpha value is -0.0800. The Morgan fingerprint density at radius 1 is 1.46 bits per heavy atom. The lowest BCUT2D eigenvalue weighted by atomic mass is 9.78. The van der Waals surface area contributed by atoms with Crippen LogP contribution in [0.1, 0.15) is 39.0 Å². The lowest BCUT2D eigenvalue weighted by Crippen LogP contribution is -2.36. The summed E-state index contributed by atoms with van der Waals surface area (Å²) in [6.07, 6.45) is 6.36. The lowest BCUT2D eigenvalue weighted by Gasteiger charge is -2.32. The molecule has 78 valence electrons. The van der Waals surface area contributed by atoms with Crippen LogP contribution in [0, 0.1) is 11.8 Å². The molecule has 0 saturated heterocycles. The van der Waals surface area contributed by atoms with Crippen LogP contribution < -0.4 is 5.32 Å². The van der Waals surface area contributed by atoms with Gasteiger partial charge in [0.2, 0.25) is 0 Å². The summed E-state index contributed by atoms with van der Waals surface area (Å²) < 4.78 is 0. The summed E-state index contributed by atoms with van der Waals surface area (Å²) in [6, 6.07) is 0.535. The first-order valence-corrected chi connectivity index (χ1v) is 5.56. The van der Waals surface area contributed by atoms with Crippen LogP contribution in [0.4, 0.5) is 0 Å². The zero-order chi connectivity index (χ0) is 9.68. The molecule has 0 amide bonds. The van der Waals surface area contributed by atoms with Gasteiger partial charge < -0.3 is 10.4 Å². The van der Waals surface area contributed by atoms with E-state index in [4.69, 9.17) is 5.11 Å². The predicted octanol–water partition coefficient (Wildman–Crippen LogP) is 1.78. The van der Waals surface area contributed by atoms with E-state index in [1.165, 1.54) is 25.7 Å². The summed E-state index contributed by atoms with van der Waals surface area (Å²) in [6.45, 7) is 2.66. The number of hydrogen-bond acceptors (Lipinski definition) is 2. The van der Waals surface area contributed by atoms with Crippen molar-refractivity contribution in [3.8, 4) is 0 Å². The Kier molecular flexibility index (Phi) is 4.74. The van der Waals surface area contributed by atoms with Gasteiger partial charge in [0.1, 0.15) is 0 Å². The Bertz CT molecular complexity index is 138. The van der Waals surface area contributed by atoms with Gasteiger partial charge in [-0.3, -0.25) is 0 Å². The van der Waals surface area contributed by atoms with E-state index in [0.29, 0.717) is 12.6 Å². The second kappa shape index (κ2) is 5.61. The van der Waals surface area contributed by atoms with E-state index >= 15 is 0 Å². The van der Waals surface area contributed by atoms with Gasteiger partial charge in [-0.05, 0) is 38.1 Å². The van der Waals surface area contributed by atoms with Crippen molar-refractivity contribution in [3.63, 3.8) is 0 Å². The number of aliphatic hydroxyl groups excluding tert-OH is 1. The topological polar surface area (TPSA) is 32.3 Å².